The lowest BCUT2D eigenvalue weighted by Crippen LogP contribution is -2.31. The number of likely N-dealkylation sites (tertiary alicyclic amines) is 1. The molecule has 0 bridgehead atoms. The Bertz CT molecular complexity index is 504. The maximum Gasteiger partial charge on any atom is 0.251 e. The summed E-state index contributed by atoms with van der Waals surface area (Å²) >= 11 is 5.90. The third-order valence-electron chi connectivity index (χ3n) is 2.87. The van der Waals surface area contributed by atoms with Gasteiger partial charge in [0.1, 0.15) is 11.8 Å². The summed E-state index contributed by atoms with van der Waals surface area (Å²) in [5.74, 6) is 0.134. The van der Waals surface area contributed by atoms with E-state index < -0.39 is 6.04 Å². The van der Waals surface area contributed by atoms with Crippen LogP contribution in [-0.2, 0) is 9.59 Å². The summed E-state index contributed by atoms with van der Waals surface area (Å²) in [5, 5.41) is 3.52. The van der Waals surface area contributed by atoms with Gasteiger partial charge in [0.2, 0.25) is 5.91 Å². The molecule has 0 spiro atoms. The van der Waals surface area contributed by atoms with Crippen LogP contribution in [0.3, 0.4) is 0 Å². The predicted molar refractivity (Wildman–Crippen MR) is 67.8 cm³/mol. The second kappa shape index (κ2) is 4.86. The topological polar surface area (TPSA) is 58.6 Å². The fraction of sp³-hybridized carbons (Fsp3) is 0.333. The number of nitrogens with zero attached hydrogens (tertiary/aromatic N) is 1. The van der Waals surface area contributed by atoms with E-state index in [0.29, 0.717) is 16.5 Å². The van der Waals surface area contributed by atoms with Crippen molar-refractivity contribution in [2.45, 2.75) is 12.5 Å². The molecule has 0 aliphatic carbocycles. The number of methoxy groups -OCH3 is 1. The van der Waals surface area contributed by atoms with E-state index in [9.17, 15) is 9.59 Å². The minimum atomic E-state index is -0.560. The maximum atomic E-state index is 11.8. The molecule has 0 aromatic heterocycles. The molecule has 1 aromatic rings. The van der Waals surface area contributed by atoms with E-state index in [1.54, 1.807) is 18.2 Å². The van der Waals surface area contributed by atoms with Gasteiger partial charge in [-0.05, 0) is 18.2 Å². The van der Waals surface area contributed by atoms with Crippen molar-refractivity contribution in [1.82, 2.24) is 4.90 Å². The highest BCUT2D eigenvalue weighted by Gasteiger charge is 2.36. The number of imide groups is 1. The van der Waals surface area contributed by atoms with Crippen molar-refractivity contribution in [2.75, 3.05) is 19.5 Å². The second-order valence-electron chi connectivity index (χ2n) is 4.04. The van der Waals surface area contributed by atoms with Crippen LogP contribution in [0.5, 0.6) is 5.75 Å². The molecule has 5 nitrogen and oxygen atoms in total. The average molecular weight is 269 g/mol. The lowest BCUT2D eigenvalue weighted by Gasteiger charge is -2.15. The number of carbonyl (C=O) groups is 2. The smallest absolute Gasteiger partial charge is 0.251 e. The lowest BCUT2D eigenvalue weighted by atomic mass is 10.2. The maximum absolute atomic E-state index is 11.8. The molecule has 1 atom stereocenters. The lowest BCUT2D eigenvalue weighted by molar-refractivity contribution is -0.136. The molecule has 2 rings (SSSR count). The molecule has 1 N–H and O–H groups in total. The van der Waals surface area contributed by atoms with Gasteiger partial charge in [-0.2, -0.15) is 0 Å². The molecule has 1 heterocycles. The fourth-order valence-corrected chi connectivity index (χ4v) is 2.02. The largest absolute Gasteiger partial charge is 0.495 e. The summed E-state index contributed by atoms with van der Waals surface area (Å²) in [7, 11) is 3.00. The number of hydrogen-bond acceptors (Lipinski definition) is 4. The zero-order chi connectivity index (χ0) is 13.3. The Labute approximate surface area is 110 Å². The van der Waals surface area contributed by atoms with E-state index >= 15 is 0 Å². The normalized spacial score (nSPS) is 19.3. The Balaban J connectivity index is 2.22. The first kappa shape index (κ1) is 12.7. The summed E-state index contributed by atoms with van der Waals surface area (Å²) in [6.07, 6.45) is 0.144. The summed E-state index contributed by atoms with van der Waals surface area (Å²) in [4.78, 5) is 24.3. The van der Waals surface area contributed by atoms with E-state index in [1.807, 2.05) is 0 Å². The number of nitrogens with one attached hydrogen (secondary N) is 1. The van der Waals surface area contributed by atoms with E-state index in [-0.39, 0.29) is 18.2 Å². The van der Waals surface area contributed by atoms with Crippen molar-refractivity contribution in [3.05, 3.63) is 23.2 Å². The first-order chi connectivity index (χ1) is 8.52. The van der Waals surface area contributed by atoms with Crippen LogP contribution in [0.15, 0.2) is 18.2 Å². The molecule has 96 valence electrons. The number of hydrogen-bond donors (Lipinski definition) is 1. The summed E-state index contributed by atoms with van der Waals surface area (Å²) in [5.41, 5.74) is 0.603. The van der Waals surface area contributed by atoms with E-state index in [2.05, 4.69) is 5.32 Å². The number of carbonyl (C=O) groups excluding carboxylic acids is 2. The summed E-state index contributed by atoms with van der Waals surface area (Å²) in [6, 6.07) is 4.50. The van der Waals surface area contributed by atoms with Gasteiger partial charge in [-0.15, -0.1) is 0 Å². The SMILES string of the molecule is COc1ccc(Cl)cc1NC1CC(=O)N(C)C1=O. The summed E-state index contributed by atoms with van der Waals surface area (Å²) in [6.45, 7) is 0. The van der Waals surface area contributed by atoms with Crippen LogP contribution in [-0.4, -0.2) is 36.9 Å². The van der Waals surface area contributed by atoms with Crippen LogP contribution in [0, 0.1) is 0 Å². The van der Waals surface area contributed by atoms with Crippen LogP contribution in [0.4, 0.5) is 5.69 Å². The molecule has 0 saturated carbocycles. The van der Waals surface area contributed by atoms with Gasteiger partial charge in [-0.25, -0.2) is 0 Å². The average Bonchev–Trinajstić information content (AvgIpc) is 2.57. The van der Waals surface area contributed by atoms with Crippen molar-refractivity contribution in [3.8, 4) is 5.75 Å². The molecule has 1 aliphatic heterocycles. The third-order valence-corrected chi connectivity index (χ3v) is 3.11. The Morgan fingerprint density at radius 2 is 2.17 bits per heavy atom. The fourth-order valence-electron chi connectivity index (χ4n) is 1.85. The Morgan fingerprint density at radius 3 is 2.72 bits per heavy atom. The molecule has 1 saturated heterocycles. The van der Waals surface area contributed by atoms with Crippen LogP contribution in [0.1, 0.15) is 6.42 Å². The monoisotopic (exact) mass is 268 g/mol. The highest BCUT2D eigenvalue weighted by Crippen LogP contribution is 2.29. The molecule has 1 unspecified atom stereocenters. The molecular formula is C12H13ClN2O3. The number of amides is 2. The van der Waals surface area contributed by atoms with Gasteiger partial charge < -0.3 is 10.1 Å². The Kier molecular flexibility index (Phi) is 3.43. The number of ether oxygens (including phenoxy) is 1. The quantitative estimate of drug-likeness (QED) is 0.845. The highest BCUT2D eigenvalue weighted by molar-refractivity contribution is 6.31. The molecule has 1 aliphatic rings. The Morgan fingerprint density at radius 1 is 1.44 bits per heavy atom. The first-order valence-corrected chi connectivity index (χ1v) is 5.81. The van der Waals surface area contributed by atoms with Gasteiger partial charge in [0.05, 0.1) is 19.2 Å². The van der Waals surface area contributed by atoms with Crippen molar-refractivity contribution in [1.29, 1.82) is 0 Å². The Hall–Kier alpha value is -1.75. The van der Waals surface area contributed by atoms with Crippen LogP contribution in [0.25, 0.3) is 0 Å². The van der Waals surface area contributed by atoms with Crippen LogP contribution in [0.2, 0.25) is 5.02 Å². The first-order valence-electron chi connectivity index (χ1n) is 5.43. The number of likely N-dealkylation sites (N-methyl/N-ethyl adjacent to an activating group) is 1. The van der Waals surface area contributed by atoms with E-state index in [0.717, 1.165) is 4.90 Å². The van der Waals surface area contributed by atoms with Gasteiger partial charge in [-0.1, -0.05) is 11.6 Å². The van der Waals surface area contributed by atoms with Crippen LogP contribution < -0.4 is 10.1 Å². The molecule has 1 aromatic carbocycles. The van der Waals surface area contributed by atoms with Crippen molar-refractivity contribution in [2.24, 2.45) is 0 Å². The third kappa shape index (κ3) is 2.26. The molecule has 6 heteroatoms. The van der Waals surface area contributed by atoms with E-state index in [4.69, 9.17) is 16.3 Å². The van der Waals surface area contributed by atoms with Gasteiger partial charge in [0, 0.05) is 12.1 Å². The van der Waals surface area contributed by atoms with Gasteiger partial charge in [0.25, 0.3) is 5.91 Å². The molecular weight excluding hydrogens is 256 g/mol. The number of benzene rings is 1. The minimum Gasteiger partial charge on any atom is -0.495 e. The second-order valence-corrected chi connectivity index (χ2v) is 4.47. The number of rotatable bonds is 3. The zero-order valence-corrected chi connectivity index (χ0v) is 10.8. The zero-order valence-electron chi connectivity index (χ0n) is 10.1. The van der Waals surface area contributed by atoms with Crippen molar-refractivity contribution >= 4 is 29.1 Å². The van der Waals surface area contributed by atoms with Crippen molar-refractivity contribution in [3.63, 3.8) is 0 Å². The number of anilines is 1. The number of halogens is 1. The highest BCUT2D eigenvalue weighted by atomic mass is 35.5. The molecule has 18 heavy (non-hydrogen) atoms. The molecule has 1 fully saturated rings. The molecule has 2 amide bonds. The van der Waals surface area contributed by atoms with Crippen LogP contribution >= 0.6 is 11.6 Å². The van der Waals surface area contributed by atoms with Gasteiger partial charge >= 0.3 is 0 Å². The van der Waals surface area contributed by atoms with Crippen molar-refractivity contribution < 1.29 is 14.3 Å². The standard InChI is InChI=1S/C12H13ClN2O3/c1-15-11(16)6-9(12(15)17)14-8-5-7(13)3-4-10(8)18-2/h3-5,9,14H,6H2,1-2H3. The minimum absolute atomic E-state index is 0.144. The van der Waals surface area contributed by atoms with E-state index in [1.165, 1.54) is 14.2 Å². The van der Waals surface area contributed by atoms with Gasteiger partial charge in [-0.3, -0.25) is 14.5 Å². The summed E-state index contributed by atoms with van der Waals surface area (Å²) < 4.78 is 5.17. The van der Waals surface area contributed by atoms with Gasteiger partial charge in [0.15, 0.2) is 0 Å². The predicted octanol–water partition coefficient (Wildman–Crippen LogP) is 1.52. The molecule has 0 radical (unpaired) electrons.